The van der Waals surface area contributed by atoms with Crippen molar-refractivity contribution in [1.82, 2.24) is 4.57 Å². The zero-order valence-electron chi connectivity index (χ0n) is 17.6. The van der Waals surface area contributed by atoms with Crippen LogP contribution >= 0.6 is 27.3 Å². The second kappa shape index (κ2) is 7.31. The van der Waals surface area contributed by atoms with E-state index in [9.17, 15) is 0 Å². The molecule has 0 unspecified atom stereocenters. The fraction of sp³-hybridized carbons (Fsp3) is 0. The van der Waals surface area contributed by atoms with E-state index >= 15 is 0 Å². The molecule has 0 saturated carbocycles. The van der Waals surface area contributed by atoms with E-state index in [-0.39, 0.29) is 0 Å². The Morgan fingerprint density at radius 1 is 0.545 bits per heavy atom. The van der Waals surface area contributed by atoms with E-state index in [1.54, 1.807) is 0 Å². The highest BCUT2D eigenvalue weighted by atomic mass is 79.9. The van der Waals surface area contributed by atoms with Gasteiger partial charge in [0.25, 0.3) is 0 Å². The molecule has 0 spiro atoms. The molecule has 33 heavy (non-hydrogen) atoms. The van der Waals surface area contributed by atoms with Gasteiger partial charge in [0.1, 0.15) is 0 Å². The summed E-state index contributed by atoms with van der Waals surface area (Å²) in [6, 6.07) is 39.5. The van der Waals surface area contributed by atoms with Crippen LogP contribution in [0.15, 0.2) is 114 Å². The largest absolute Gasteiger partial charge is 0.309 e. The van der Waals surface area contributed by atoms with Gasteiger partial charge in [0, 0.05) is 35.4 Å². The van der Waals surface area contributed by atoms with Crippen LogP contribution in [0, 0.1) is 0 Å². The molecule has 1 nitrogen and oxygen atoms in total. The van der Waals surface area contributed by atoms with Gasteiger partial charge in [-0.2, -0.15) is 0 Å². The average Bonchev–Trinajstić information content (AvgIpc) is 3.39. The minimum Gasteiger partial charge on any atom is -0.309 e. The minimum absolute atomic E-state index is 1.09. The summed E-state index contributed by atoms with van der Waals surface area (Å²) in [4.78, 5) is 0. The van der Waals surface area contributed by atoms with Crippen LogP contribution < -0.4 is 0 Å². The van der Waals surface area contributed by atoms with E-state index in [1.165, 1.54) is 58.8 Å². The number of fused-ring (bicyclic) bond motifs is 6. The van der Waals surface area contributed by atoms with E-state index in [0.29, 0.717) is 0 Å². The lowest BCUT2D eigenvalue weighted by atomic mass is 10.0. The maximum absolute atomic E-state index is 3.63. The highest BCUT2D eigenvalue weighted by Gasteiger charge is 2.17. The molecule has 7 aromatic rings. The van der Waals surface area contributed by atoms with Gasteiger partial charge in [0.2, 0.25) is 0 Å². The van der Waals surface area contributed by atoms with E-state index in [2.05, 4.69) is 130 Å². The summed E-state index contributed by atoms with van der Waals surface area (Å²) in [5.74, 6) is 0. The summed E-state index contributed by atoms with van der Waals surface area (Å²) in [6.07, 6.45) is 0. The molecule has 0 saturated heterocycles. The predicted molar refractivity (Wildman–Crippen MR) is 147 cm³/mol. The molecule has 0 aliphatic rings. The summed E-state index contributed by atoms with van der Waals surface area (Å²) in [7, 11) is 0. The van der Waals surface area contributed by atoms with Gasteiger partial charge in [-0.25, -0.2) is 0 Å². The van der Waals surface area contributed by atoms with Crippen molar-refractivity contribution in [3.63, 3.8) is 0 Å². The second-order valence-corrected chi connectivity index (χ2v) is 10.3. The van der Waals surface area contributed by atoms with Crippen LogP contribution in [0.25, 0.3) is 58.8 Å². The molecule has 0 amide bonds. The fourth-order valence-electron chi connectivity index (χ4n) is 5.02. The van der Waals surface area contributed by atoms with Crippen molar-refractivity contribution in [3.8, 4) is 16.8 Å². The molecule has 0 bridgehead atoms. The molecule has 0 aliphatic heterocycles. The Morgan fingerprint density at radius 3 is 2.18 bits per heavy atom. The first-order chi connectivity index (χ1) is 16.3. The van der Waals surface area contributed by atoms with Crippen LogP contribution in [0.5, 0.6) is 0 Å². The van der Waals surface area contributed by atoms with Gasteiger partial charge >= 0.3 is 0 Å². The molecule has 5 aromatic carbocycles. The van der Waals surface area contributed by atoms with Gasteiger partial charge in [-0.3, -0.25) is 0 Å². The molecule has 3 heteroatoms. The molecule has 0 fully saturated rings. The normalized spacial score (nSPS) is 11.8. The smallest absolute Gasteiger partial charge is 0.0555 e. The van der Waals surface area contributed by atoms with Crippen molar-refractivity contribution >= 4 is 69.2 Å². The minimum atomic E-state index is 1.09. The van der Waals surface area contributed by atoms with Crippen molar-refractivity contribution in [1.29, 1.82) is 0 Å². The van der Waals surface area contributed by atoms with Crippen molar-refractivity contribution in [2.75, 3.05) is 0 Å². The van der Waals surface area contributed by atoms with Crippen LogP contribution in [0.1, 0.15) is 0 Å². The third-order valence-corrected chi connectivity index (χ3v) is 8.08. The zero-order valence-corrected chi connectivity index (χ0v) is 20.0. The van der Waals surface area contributed by atoms with Gasteiger partial charge in [-0.05, 0) is 53.6 Å². The molecule has 2 aromatic heterocycles. The maximum Gasteiger partial charge on any atom is 0.0555 e. The average molecular weight is 504 g/mol. The number of para-hydroxylation sites is 1. The van der Waals surface area contributed by atoms with E-state index in [1.807, 2.05) is 11.3 Å². The SMILES string of the molecule is Brc1cccc(-c2ccc3c4ccccc4n(-c4cccc5sc6ccccc6c45)c3c2)c1. The Morgan fingerprint density at radius 2 is 1.27 bits per heavy atom. The number of halogens is 1. The third kappa shape index (κ3) is 2.90. The quantitative estimate of drug-likeness (QED) is 0.221. The summed E-state index contributed by atoms with van der Waals surface area (Å²) < 4.78 is 6.20. The van der Waals surface area contributed by atoms with E-state index in [0.717, 1.165) is 4.47 Å². The molecule has 156 valence electrons. The zero-order chi connectivity index (χ0) is 21.9. The predicted octanol–water partition coefficient (Wildman–Crippen LogP) is 9.58. The van der Waals surface area contributed by atoms with Gasteiger partial charge in [-0.15, -0.1) is 11.3 Å². The van der Waals surface area contributed by atoms with Crippen LogP contribution in [0.4, 0.5) is 0 Å². The lowest BCUT2D eigenvalue weighted by Crippen LogP contribution is -1.94. The Labute approximate surface area is 203 Å². The van der Waals surface area contributed by atoms with Gasteiger partial charge in [0.15, 0.2) is 0 Å². The highest BCUT2D eigenvalue weighted by molar-refractivity contribution is 9.10. The first kappa shape index (κ1) is 19.1. The third-order valence-electron chi connectivity index (χ3n) is 6.45. The molecule has 0 aliphatic carbocycles. The standard InChI is InChI=1S/C30H18BrNS/c31-21-8-5-7-19(17-21)20-15-16-23-22-9-1-3-11-25(22)32(27(23)18-20)26-12-6-14-29-30(26)24-10-2-4-13-28(24)33-29/h1-18H. The highest BCUT2D eigenvalue weighted by Crippen LogP contribution is 2.41. The van der Waals surface area contributed by atoms with E-state index < -0.39 is 0 Å². The molecule has 0 N–H and O–H groups in total. The maximum atomic E-state index is 3.63. The molecular formula is C30H18BrNS. The Bertz CT molecular complexity index is 1840. The number of benzene rings is 5. The van der Waals surface area contributed by atoms with Crippen molar-refractivity contribution in [2.45, 2.75) is 0 Å². The first-order valence-corrected chi connectivity index (χ1v) is 12.6. The molecular weight excluding hydrogens is 486 g/mol. The Balaban J connectivity index is 1.63. The molecule has 0 atom stereocenters. The molecule has 0 radical (unpaired) electrons. The second-order valence-electron chi connectivity index (χ2n) is 8.34. The fourth-order valence-corrected chi connectivity index (χ4v) is 6.55. The first-order valence-electron chi connectivity index (χ1n) is 11.0. The number of thiophene rings is 1. The summed E-state index contributed by atoms with van der Waals surface area (Å²) in [5.41, 5.74) is 6.14. The lowest BCUT2D eigenvalue weighted by molar-refractivity contribution is 1.20. The topological polar surface area (TPSA) is 4.93 Å². The number of nitrogens with zero attached hydrogens (tertiary/aromatic N) is 1. The number of hydrogen-bond donors (Lipinski definition) is 0. The van der Waals surface area contributed by atoms with Crippen LogP contribution in [0.2, 0.25) is 0 Å². The number of hydrogen-bond acceptors (Lipinski definition) is 1. The summed E-state index contributed by atoms with van der Waals surface area (Å²) >= 11 is 5.50. The Kier molecular flexibility index (Phi) is 4.23. The molecule has 7 rings (SSSR count). The van der Waals surface area contributed by atoms with Crippen molar-refractivity contribution in [2.24, 2.45) is 0 Å². The number of aromatic nitrogens is 1. The van der Waals surface area contributed by atoms with Crippen LogP contribution in [-0.2, 0) is 0 Å². The van der Waals surface area contributed by atoms with Crippen LogP contribution in [-0.4, -0.2) is 4.57 Å². The van der Waals surface area contributed by atoms with Crippen LogP contribution in [0.3, 0.4) is 0 Å². The number of rotatable bonds is 2. The summed E-state index contributed by atoms with van der Waals surface area (Å²) in [6.45, 7) is 0. The Hall–Kier alpha value is -3.40. The van der Waals surface area contributed by atoms with Gasteiger partial charge < -0.3 is 4.57 Å². The van der Waals surface area contributed by atoms with E-state index in [4.69, 9.17) is 0 Å². The summed E-state index contributed by atoms with van der Waals surface area (Å²) in [5, 5.41) is 5.21. The monoisotopic (exact) mass is 503 g/mol. The lowest BCUT2D eigenvalue weighted by Gasteiger charge is -2.11. The van der Waals surface area contributed by atoms with Gasteiger partial charge in [0.05, 0.1) is 16.7 Å². The van der Waals surface area contributed by atoms with Crippen molar-refractivity contribution < 1.29 is 0 Å². The van der Waals surface area contributed by atoms with Gasteiger partial charge in [-0.1, -0.05) is 82.7 Å². The molecule has 2 heterocycles. The van der Waals surface area contributed by atoms with Crippen molar-refractivity contribution in [3.05, 3.63) is 114 Å².